The van der Waals surface area contributed by atoms with E-state index in [0.29, 0.717) is 24.5 Å². The Morgan fingerprint density at radius 3 is 2.13 bits per heavy atom. The highest BCUT2D eigenvalue weighted by molar-refractivity contribution is 5.89. The van der Waals surface area contributed by atoms with E-state index in [2.05, 4.69) is 31.1 Å². The standard InChI is InChI=1S/C11H19N3O.C4H4O4/c1-11(2,3)14-7-9(15)8-4-5-10(12)13-6-8;5-3(6)1-2-4(7)8/h4-6,9,14-15H,7H2,1-3H3,(H2,12,13);1-2H,(H,5,6)(H,7,8)/b;2-1-/t9-;/m0./s1. The van der Waals surface area contributed by atoms with Gasteiger partial charge >= 0.3 is 11.9 Å². The highest BCUT2D eigenvalue weighted by Crippen LogP contribution is 2.12. The van der Waals surface area contributed by atoms with Crippen molar-refractivity contribution >= 4 is 17.8 Å². The van der Waals surface area contributed by atoms with Crippen molar-refractivity contribution in [3.05, 3.63) is 36.0 Å². The third-order valence-electron chi connectivity index (χ3n) is 2.39. The number of nitrogens with one attached hydrogen (secondary N) is 1. The van der Waals surface area contributed by atoms with Gasteiger partial charge in [-0.25, -0.2) is 14.6 Å². The Kier molecular flexibility index (Phi) is 8.53. The molecule has 1 atom stereocenters. The molecule has 128 valence electrons. The van der Waals surface area contributed by atoms with E-state index in [1.54, 1.807) is 18.3 Å². The second-order valence-corrected chi connectivity index (χ2v) is 5.67. The molecule has 1 rings (SSSR count). The predicted molar refractivity (Wildman–Crippen MR) is 85.8 cm³/mol. The van der Waals surface area contributed by atoms with Crippen molar-refractivity contribution < 1.29 is 24.9 Å². The zero-order chi connectivity index (χ0) is 18.0. The lowest BCUT2D eigenvalue weighted by Gasteiger charge is -2.22. The molecule has 0 fully saturated rings. The second kappa shape index (κ2) is 9.54. The maximum Gasteiger partial charge on any atom is 0.328 e. The van der Waals surface area contributed by atoms with Gasteiger partial charge in [0.1, 0.15) is 5.82 Å². The van der Waals surface area contributed by atoms with E-state index in [0.717, 1.165) is 5.56 Å². The first-order chi connectivity index (χ1) is 10.5. The predicted octanol–water partition coefficient (Wildman–Crippen LogP) is 0.797. The smallest absolute Gasteiger partial charge is 0.328 e. The minimum absolute atomic E-state index is 0.00220. The molecular weight excluding hydrogens is 302 g/mol. The summed E-state index contributed by atoms with van der Waals surface area (Å²) in [7, 11) is 0. The number of pyridine rings is 1. The van der Waals surface area contributed by atoms with Crippen molar-refractivity contribution in [3.8, 4) is 0 Å². The molecule has 8 nitrogen and oxygen atoms in total. The lowest BCUT2D eigenvalue weighted by molar-refractivity contribution is -0.134. The van der Waals surface area contributed by atoms with Gasteiger partial charge in [-0.2, -0.15) is 0 Å². The number of β-amino-alcohol motifs (C(OH)–C–C–N with tert-alkyl or cyclic N) is 1. The SMILES string of the molecule is CC(C)(C)NC[C@H](O)c1ccc(N)nc1.O=C(O)/C=C\C(=O)O. The molecule has 0 saturated carbocycles. The van der Waals surface area contributed by atoms with Gasteiger partial charge in [0.25, 0.3) is 0 Å². The molecular formula is C15H23N3O5. The molecule has 0 spiro atoms. The van der Waals surface area contributed by atoms with Gasteiger partial charge in [0.05, 0.1) is 6.10 Å². The summed E-state index contributed by atoms with van der Waals surface area (Å²) in [5.74, 6) is -2.05. The Morgan fingerprint density at radius 1 is 1.26 bits per heavy atom. The van der Waals surface area contributed by atoms with E-state index < -0.39 is 18.0 Å². The number of aliphatic carboxylic acids is 2. The average Bonchev–Trinajstić information content (AvgIpc) is 2.43. The quantitative estimate of drug-likeness (QED) is 0.500. The van der Waals surface area contributed by atoms with Gasteiger partial charge in [-0.15, -0.1) is 0 Å². The summed E-state index contributed by atoms with van der Waals surface area (Å²) in [4.78, 5) is 23.0. The summed E-state index contributed by atoms with van der Waals surface area (Å²) in [5, 5.41) is 28.7. The molecule has 0 aliphatic heterocycles. The van der Waals surface area contributed by atoms with Gasteiger partial charge in [-0.3, -0.25) is 0 Å². The fraction of sp³-hybridized carbons (Fsp3) is 0.400. The van der Waals surface area contributed by atoms with E-state index in [-0.39, 0.29) is 5.54 Å². The minimum Gasteiger partial charge on any atom is -0.478 e. The second-order valence-electron chi connectivity index (χ2n) is 5.67. The van der Waals surface area contributed by atoms with E-state index in [1.165, 1.54) is 0 Å². The molecule has 0 radical (unpaired) electrons. The Bertz CT molecular complexity index is 519. The van der Waals surface area contributed by atoms with Crippen LogP contribution in [0.3, 0.4) is 0 Å². The molecule has 0 saturated heterocycles. The summed E-state index contributed by atoms with van der Waals surface area (Å²) >= 11 is 0. The Labute approximate surface area is 134 Å². The number of aliphatic hydroxyl groups is 1. The van der Waals surface area contributed by atoms with Crippen LogP contribution in [0.4, 0.5) is 5.82 Å². The fourth-order valence-corrected chi connectivity index (χ4v) is 1.28. The Hall–Kier alpha value is -2.45. The number of aliphatic hydroxyl groups excluding tert-OH is 1. The number of nitrogen functional groups attached to an aromatic ring is 1. The topological polar surface area (TPSA) is 146 Å². The Balaban J connectivity index is 0.000000515. The number of anilines is 1. The summed E-state index contributed by atoms with van der Waals surface area (Å²) in [6.07, 6.45) is 2.17. The number of carbonyl (C=O) groups is 2. The molecule has 1 aromatic heterocycles. The molecule has 0 unspecified atom stereocenters. The first-order valence-electron chi connectivity index (χ1n) is 6.79. The molecule has 23 heavy (non-hydrogen) atoms. The molecule has 0 aliphatic rings. The van der Waals surface area contributed by atoms with E-state index >= 15 is 0 Å². The molecule has 0 amide bonds. The van der Waals surface area contributed by atoms with Crippen molar-refractivity contribution in [2.24, 2.45) is 0 Å². The third-order valence-corrected chi connectivity index (χ3v) is 2.39. The monoisotopic (exact) mass is 325 g/mol. The van der Waals surface area contributed by atoms with Crippen LogP contribution in [-0.2, 0) is 9.59 Å². The number of hydrogen-bond acceptors (Lipinski definition) is 6. The molecule has 6 N–H and O–H groups in total. The largest absolute Gasteiger partial charge is 0.478 e. The van der Waals surface area contributed by atoms with Crippen molar-refractivity contribution in [3.63, 3.8) is 0 Å². The maximum atomic E-state index is 9.83. The maximum absolute atomic E-state index is 9.83. The third kappa shape index (κ3) is 11.8. The lowest BCUT2D eigenvalue weighted by Crippen LogP contribution is -2.38. The van der Waals surface area contributed by atoms with Crippen LogP contribution in [0, 0.1) is 0 Å². The Morgan fingerprint density at radius 2 is 1.78 bits per heavy atom. The van der Waals surface area contributed by atoms with Crippen LogP contribution in [0.5, 0.6) is 0 Å². The average molecular weight is 325 g/mol. The summed E-state index contributed by atoms with van der Waals surface area (Å²) < 4.78 is 0. The molecule has 8 heteroatoms. The van der Waals surface area contributed by atoms with Crippen LogP contribution >= 0.6 is 0 Å². The van der Waals surface area contributed by atoms with Crippen LogP contribution in [0.25, 0.3) is 0 Å². The highest BCUT2D eigenvalue weighted by Gasteiger charge is 2.13. The number of carboxylic acids is 2. The summed E-state index contributed by atoms with van der Waals surface area (Å²) in [5.41, 5.74) is 6.24. The van der Waals surface area contributed by atoms with Gasteiger partial charge in [-0.1, -0.05) is 6.07 Å². The normalized spacial score (nSPS) is 12.3. The van der Waals surface area contributed by atoms with Crippen LogP contribution in [0.2, 0.25) is 0 Å². The number of nitrogens with zero attached hydrogens (tertiary/aromatic N) is 1. The molecule has 1 heterocycles. The highest BCUT2D eigenvalue weighted by atomic mass is 16.4. The zero-order valence-electron chi connectivity index (χ0n) is 13.4. The van der Waals surface area contributed by atoms with Crippen LogP contribution in [0.1, 0.15) is 32.4 Å². The fourth-order valence-electron chi connectivity index (χ4n) is 1.28. The number of aromatic nitrogens is 1. The number of hydrogen-bond donors (Lipinski definition) is 5. The van der Waals surface area contributed by atoms with Gasteiger partial charge < -0.3 is 26.4 Å². The molecule has 1 aromatic rings. The molecule has 0 aromatic carbocycles. The van der Waals surface area contributed by atoms with Gasteiger partial charge in [0, 0.05) is 36.0 Å². The molecule has 0 bridgehead atoms. The van der Waals surface area contributed by atoms with Gasteiger partial charge in [-0.05, 0) is 26.8 Å². The van der Waals surface area contributed by atoms with E-state index in [4.69, 9.17) is 15.9 Å². The zero-order valence-corrected chi connectivity index (χ0v) is 13.4. The lowest BCUT2D eigenvalue weighted by atomic mass is 10.1. The van der Waals surface area contributed by atoms with E-state index in [1.807, 2.05) is 0 Å². The van der Waals surface area contributed by atoms with Crippen LogP contribution < -0.4 is 11.1 Å². The first-order valence-corrected chi connectivity index (χ1v) is 6.79. The van der Waals surface area contributed by atoms with Gasteiger partial charge in [0.15, 0.2) is 0 Å². The van der Waals surface area contributed by atoms with Crippen molar-refractivity contribution in [1.82, 2.24) is 10.3 Å². The minimum atomic E-state index is -1.26. The van der Waals surface area contributed by atoms with Crippen molar-refractivity contribution in [1.29, 1.82) is 0 Å². The van der Waals surface area contributed by atoms with E-state index in [9.17, 15) is 14.7 Å². The summed E-state index contributed by atoms with van der Waals surface area (Å²) in [6.45, 7) is 6.68. The van der Waals surface area contributed by atoms with Crippen molar-refractivity contribution in [2.45, 2.75) is 32.4 Å². The first kappa shape index (κ1) is 20.6. The number of nitrogens with two attached hydrogens (primary N) is 1. The van der Waals surface area contributed by atoms with Gasteiger partial charge in [0.2, 0.25) is 0 Å². The van der Waals surface area contributed by atoms with Crippen LogP contribution in [-0.4, -0.2) is 44.3 Å². The number of carboxylic acid groups (broad SMARTS) is 2. The molecule has 0 aliphatic carbocycles. The number of rotatable bonds is 5. The van der Waals surface area contributed by atoms with Crippen molar-refractivity contribution in [2.75, 3.05) is 12.3 Å². The van der Waals surface area contributed by atoms with Crippen LogP contribution in [0.15, 0.2) is 30.5 Å². The summed E-state index contributed by atoms with van der Waals surface area (Å²) in [6, 6.07) is 3.48.